The van der Waals surface area contributed by atoms with Crippen molar-refractivity contribution >= 4 is 12.1 Å². The van der Waals surface area contributed by atoms with Gasteiger partial charge in [0.15, 0.2) is 6.29 Å². The second kappa shape index (κ2) is 3.09. The molecule has 0 aromatic carbocycles. The molecule has 1 aromatic heterocycles. The molecule has 66 valence electrons. The maximum absolute atomic E-state index is 11.1. The van der Waals surface area contributed by atoms with Gasteiger partial charge >= 0.3 is 0 Å². The van der Waals surface area contributed by atoms with Crippen LogP contribution in [0.4, 0.5) is 0 Å². The third-order valence-electron chi connectivity index (χ3n) is 2.24. The number of carbonyl (C=O) groups excluding carboxylic acids is 2. The van der Waals surface area contributed by atoms with Crippen molar-refractivity contribution in [3.8, 4) is 0 Å². The highest BCUT2D eigenvalue weighted by molar-refractivity contribution is 5.83. The lowest BCUT2D eigenvalue weighted by Crippen LogP contribution is -2.15. The lowest BCUT2D eigenvalue weighted by Gasteiger charge is -2.13. The molecule has 0 bridgehead atoms. The van der Waals surface area contributed by atoms with Gasteiger partial charge in [0.2, 0.25) is 0 Å². The highest BCUT2D eigenvalue weighted by Crippen LogP contribution is 2.16. The molecule has 0 saturated carbocycles. The van der Waals surface area contributed by atoms with Crippen LogP contribution in [0.1, 0.15) is 28.2 Å². The average molecular weight is 175 g/mol. The maximum Gasteiger partial charge on any atom is 0.168 e. The molecule has 0 spiro atoms. The first kappa shape index (κ1) is 8.10. The summed E-state index contributed by atoms with van der Waals surface area (Å²) in [6.45, 7) is 0. The van der Waals surface area contributed by atoms with Crippen molar-refractivity contribution in [1.82, 2.24) is 4.98 Å². The van der Waals surface area contributed by atoms with Crippen LogP contribution in [0.3, 0.4) is 0 Å². The van der Waals surface area contributed by atoms with Gasteiger partial charge in [-0.2, -0.15) is 0 Å². The van der Waals surface area contributed by atoms with Crippen molar-refractivity contribution in [3.05, 3.63) is 29.1 Å². The van der Waals surface area contributed by atoms with Crippen molar-refractivity contribution in [3.63, 3.8) is 0 Å². The van der Waals surface area contributed by atoms with Crippen LogP contribution in [-0.4, -0.2) is 17.1 Å². The third kappa shape index (κ3) is 1.49. The van der Waals surface area contributed by atoms with E-state index in [-0.39, 0.29) is 5.78 Å². The van der Waals surface area contributed by atoms with Gasteiger partial charge in [-0.1, -0.05) is 6.07 Å². The molecule has 0 amide bonds. The molecular weight excluding hydrogens is 166 g/mol. The maximum atomic E-state index is 11.1. The highest BCUT2D eigenvalue weighted by Gasteiger charge is 2.16. The standard InChI is InChI=1S/C10H9NO2/c12-6-8-2-1-7-5-9(13)3-4-10(7)11-8/h1-2,6H,3-5H2. The molecule has 1 aliphatic rings. The molecule has 0 N–H and O–H groups in total. The minimum absolute atomic E-state index is 0.258. The molecular formula is C10H9NO2. The van der Waals surface area contributed by atoms with Crippen molar-refractivity contribution in [2.45, 2.75) is 19.3 Å². The number of carbonyl (C=O) groups is 2. The van der Waals surface area contributed by atoms with E-state index < -0.39 is 0 Å². The second-order valence-corrected chi connectivity index (χ2v) is 3.18. The normalized spacial score (nSPS) is 15.2. The fourth-order valence-electron chi connectivity index (χ4n) is 1.55. The lowest BCUT2D eigenvalue weighted by molar-refractivity contribution is -0.118. The Balaban J connectivity index is 2.42. The molecule has 0 fully saturated rings. The molecule has 1 aliphatic carbocycles. The van der Waals surface area contributed by atoms with E-state index >= 15 is 0 Å². The number of aldehydes is 1. The van der Waals surface area contributed by atoms with E-state index in [0.717, 1.165) is 17.5 Å². The lowest BCUT2D eigenvalue weighted by atomic mass is 9.95. The van der Waals surface area contributed by atoms with Crippen molar-refractivity contribution < 1.29 is 9.59 Å². The Morgan fingerprint density at radius 2 is 2.15 bits per heavy atom. The van der Waals surface area contributed by atoms with Crippen molar-refractivity contribution in [2.75, 3.05) is 0 Å². The molecule has 1 heterocycles. The van der Waals surface area contributed by atoms with Gasteiger partial charge in [-0.25, -0.2) is 4.98 Å². The van der Waals surface area contributed by atoms with Gasteiger partial charge in [0.25, 0.3) is 0 Å². The fourth-order valence-corrected chi connectivity index (χ4v) is 1.55. The zero-order valence-electron chi connectivity index (χ0n) is 7.12. The smallest absolute Gasteiger partial charge is 0.168 e. The van der Waals surface area contributed by atoms with Crippen LogP contribution in [0.25, 0.3) is 0 Å². The minimum atomic E-state index is 0.258. The van der Waals surface area contributed by atoms with Crippen LogP contribution in [0.15, 0.2) is 12.1 Å². The third-order valence-corrected chi connectivity index (χ3v) is 2.24. The predicted octanol–water partition coefficient (Wildman–Crippen LogP) is 0.952. The topological polar surface area (TPSA) is 47.0 Å². The summed E-state index contributed by atoms with van der Waals surface area (Å²) in [7, 11) is 0. The van der Waals surface area contributed by atoms with Gasteiger partial charge in [0, 0.05) is 18.5 Å². The molecule has 2 rings (SSSR count). The molecule has 0 radical (unpaired) electrons. The second-order valence-electron chi connectivity index (χ2n) is 3.18. The number of nitrogens with zero attached hydrogens (tertiary/aromatic N) is 1. The Kier molecular flexibility index (Phi) is 1.93. The highest BCUT2D eigenvalue weighted by atomic mass is 16.1. The summed E-state index contributed by atoms with van der Waals surface area (Å²) in [5, 5.41) is 0. The molecule has 13 heavy (non-hydrogen) atoms. The van der Waals surface area contributed by atoms with Gasteiger partial charge in [0.1, 0.15) is 11.5 Å². The average Bonchev–Trinajstić information content (AvgIpc) is 2.17. The molecule has 3 nitrogen and oxygen atoms in total. The number of ketones is 1. The number of hydrogen-bond acceptors (Lipinski definition) is 3. The zero-order chi connectivity index (χ0) is 9.26. The van der Waals surface area contributed by atoms with Gasteiger partial charge in [-0.05, 0) is 18.1 Å². The van der Waals surface area contributed by atoms with Gasteiger partial charge in [-0.3, -0.25) is 9.59 Å². The number of rotatable bonds is 1. The van der Waals surface area contributed by atoms with Gasteiger partial charge in [0.05, 0.1) is 0 Å². The summed E-state index contributed by atoms with van der Waals surface area (Å²) < 4.78 is 0. The Morgan fingerprint density at radius 3 is 2.92 bits per heavy atom. The number of Topliss-reactive ketones (excluding diaryl/α,β-unsaturated/α-hetero) is 1. The Hall–Kier alpha value is -1.51. The largest absolute Gasteiger partial charge is 0.299 e. The molecule has 0 atom stereocenters. The van der Waals surface area contributed by atoms with Crippen molar-refractivity contribution in [1.29, 1.82) is 0 Å². The summed E-state index contributed by atoms with van der Waals surface area (Å²) in [6, 6.07) is 3.48. The number of fused-ring (bicyclic) bond motifs is 1. The van der Waals surface area contributed by atoms with Crippen LogP contribution in [-0.2, 0) is 17.6 Å². The van der Waals surface area contributed by atoms with Crippen LogP contribution >= 0.6 is 0 Å². The fraction of sp³-hybridized carbons (Fsp3) is 0.300. The first-order valence-electron chi connectivity index (χ1n) is 4.25. The predicted molar refractivity (Wildman–Crippen MR) is 46.7 cm³/mol. The van der Waals surface area contributed by atoms with Gasteiger partial charge < -0.3 is 0 Å². The monoisotopic (exact) mass is 175 g/mol. The summed E-state index contributed by atoms with van der Waals surface area (Å²) in [6.07, 6.45) is 2.44. The quantitative estimate of drug-likeness (QED) is 0.597. The number of hydrogen-bond donors (Lipinski definition) is 0. The summed E-state index contributed by atoms with van der Waals surface area (Å²) in [4.78, 5) is 25.7. The number of aryl methyl sites for hydroxylation is 1. The summed E-state index contributed by atoms with van der Waals surface area (Å²) in [5.41, 5.74) is 2.33. The molecule has 1 aromatic rings. The SMILES string of the molecule is O=Cc1ccc2c(n1)CCC(=O)C2. The Bertz CT molecular complexity index is 371. The van der Waals surface area contributed by atoms with E-state index in [1.54, 1.807) is 6.07 Å². The van der Waals surface area contributed by atoms with E-state index in [1.165, 1.54) is 0 Å². The van der Waals surface area contributed by atoms with E-state index in [1.807, 2.05) is 6.07 Å². The van der Waals surface area contributed by atoms with Crippen LogP contribution in [0, 0.1) is 0 Å². The molecule has 0 saturated heterocycles. The van der Waals surface area contributed by atoms with E-state index in [9.17, 15) is 9.59 Å². The summed E-state index contributed by atoms with van der Waals surface area (Å²) in [5.74, 6) is 0.258. The first-order valence-corrected chi connectivity index (χ1v) is 4.25. The Labute approximate surface area is 75.8 Å². The number of aromatic nitrogens is 1. The summed E-state index contributed by atoms with van der Waals surface area (Å²) >= 11 is 0. The number of pyridine rings is 1. The van der Waals surface area contributed by atoms with Gasteiger partial charge in [-0.15, -0.1) is 0 Å². The molecule has 3 heteroatoms. The van der Waals surface area contributed by atoms with E-state index in [2.05, 4.69) is 4.98 Å². The molecule has 0 aliphatic heterocycles. The molecule has 0 unspecified atom stereocenters. The van der Waals surface area contributed by atoms with Crippen LogP contribution < -0.4 is 0 Å². The minimum Gasteiger partial charge on any atom is -0.299 e. The first-order chi connectivity index (χ1) is 6.29. The van der Waals surface area contributed by atoms with Crippen LogP contribution in [0.2, 0.25) is 0 Å². The van der Waals surface area contributed by atoms with Crippen molar-refractivity contribution in [2.24, 2.45) is 0 Å². The van der Waals surface area contributed by atoms with E-state index in [0.29, 0.717) is 25.0 Å². The van der Waals surface area contributed by atoms with Crippen LogP contribution in [0.5, 0.6) is 0 Å². The zero-order valence-corrected chi connectivity index (χ0v) is 7.12. The van der Waals surface area contributed by atoms with E-state index in [4.69, 9.17) is 0 Å². The Morgan fingerprint density at radius 1 is 1.31 bits per heavy atom.